The van der Waals surface area contributed by atoms with Crippen molar-refractivity contribution in [3.63, 3.8) is 0 Å². The molecule has 0 radical (unpaired) electrons. The number of hydrogen-bond acceptors (Lipinski definition) is 8. The van der Waals surface area contributed by atoms with Crippen molar-refractivity contribution in [1.29, 1.82) is 0 Å². The molecule has 0 saturated carbocycles. The van der Waals surface area contributed by atoms with Gasteiger partial charge >= 0.3 is 0 Å². The predicted molar refractivity (Wildman–Crippen MR) is 116 cm³/mol. The molecule has 0 N–H and O–H groups in total. The normalized spacial score (nSPS) is 17.8. The smallest absolute Gasteiger partial charge is 0.227 e. The van der Waals surface area contributed by atoms with Crippen LogP contribution in [0.25, 0.3) is 11.4 Å². The molecule has 4 heterocycles. The Labute approximate surface area is 185 Å². The molecule has 1 amide bonds. The summed E-state index contributed by atoms with van der Waals surface area (Å²) in [5.74, 6) is 1.26. The Kier molecular flexibility index (Phi) is 5.98. The molecule has 31 heavy (non-hydrogen) atoms. The average molecular weight is 464 g/mol. The second-order valence-corrected chi connectivity index (χ2v) is 10.9. The van der Waals surface area contributed by atoms with E-state index >= 15 is 0 Å². The molecule has 0 bridgehead atoms. The van der Waals surface area contributed by atoms with Gasteiger partial charge in [0.1, 0.15) is 0 Å². The van der Waals surface area contributed by atoms with Crippen LogP contribution in [0.2, 0.25) is 0 Å². The van der Waals surface area contributed by atoms with Gasteiger partial charge in [-0.1, -0.05) is 5.16 Å². The molecule has 9 nitrogen and oxygen atoms in total. The highest BCUT2D eigenvalue weighted by atomic mass is 32.2. The zero-order valence-corrected chi connectivity index (χ0v) is 19.4. The third kappa shape index (κ3) is 4.72. The molecule has 3 aromatic heterocycles. The summed E-state index contributed by atoms with van der Waals surface area (Å²) in [7, 11) is -1.24. The van der Waals surface area contributed by atoms with Crippen LogP contribution in [0.4, 0.5) is 0 Å². The van der Waals surface area contributed by atoms with Crippen LogP contribution >= 0.6 is 11.3 Å². The van der Waals surface area contributed by atoms with E-state index in [1.165, 1.54) is 0 Å². The number of aryl methyl sites for hydroxylation is 2. The molecular formula is C20H25N5O4S2. The van der Waals surface area contributed by atoms with Crippen LogP contribution in [0.15, 0.2) is 21.3 Å². The van der Waals surface area contributed by atoms with Crippen LogP contribution in [0, 0.1) is 13.8 Å². The first-order valence-corrected chi connectivity index (χ1v) is 12.8. The first-order chi connectivity index (χ1) is 14.7. The van der Waals surface area contributed by atoms with Gasteiger partial charge in [-0.3, -0.25) is 9.48 Å². The van der Waals surface area contributed by atoms with Gasteiger partial charge in [-0.05, 0) is 31.7 Å². The minimum absolute atomic E-state index is 0.0368. The van der Waals surface area contributed by atoms with E-state index in [9.17, 15) is 13.2 Å². The zero-order valence-electron chi connectivity index (χ0n) is 17.7. The third-order valence-corrected chi connectivity index (χ3v) is 8.08. The number of amides is 1. The Balaban J connectivity index is 1.37. The molecule has 1 saturated heterocycles. The molecule has 0 aromatic carbocycles. The molecule has 0 spiro atoms. The van der Waals surface area contributed by atoms with E-state index in [-0.39, 0.29) is 29.9 Å². The average Bonchev–Trinajstić information content (AvgIpc) is 3.50. The van der Waals surface area contributed by atoms with Gasteiger partial charge in [-0.25, -0.2) is 8.42 Å². The van der Waals surface area contributed by atoms with Gasteiger partial charge in [-0.15, -0.1) is 0 Å². The first kappa shape index (κ1) is 21.7. The minimum atomic E-state index is -2.99. The van der Waals surface area contributed by atoms with Crippen molar-refractivity contribution < 1.29 is 17.7 Å². The summed E-state index contributed by atoms with van der Waals surface area (Å²) in [6.45, 7) is 4.24. The summed E-state index contributed by atoms with van der Waals surface area (Å²) >= 11 is 1.56. The van der Waals surface area contributed by atoms with Gasteiger partial charge in [0.05, 0.1) is 23.2 Å². The Hall–Kier alpha value is -2.53. The van der Waals surface area contributed by atoms with Gasteiger partial charge in [0.25, 0.3) is 0 Å². The lowest BCUT2D eigenvalue weighted by atomic mass is 10.1. The number of hydrogen-bond donors (Lipinski definition) is 0. The van der Waals surface area contributed by atoms with E-state index in [1.807, 2.05) is 35.4 Å². The van der Waals surface area contributed by atoms with Crippen LogP contribution < -0.4 is 0 Å². The Morgan fingerprint density at radius 1 is 1.39 bits per heavy atom. The molecule has 1 fully saturated rings. The second kappa shape index (κ2) is 8.54. The van der Waals surface area contributed by atoms with Crippen molar-refractivity contribution in [3.05, 3.63) is 39.7 Å². The van der Waals surface area contributed by atoms with Crippen molar-refractivity contribution in [1.82, 2.24) is 24.8 Å². The van der Waals surface area contributed by atoms with Crippen LogP contribution in [0.5, 0.6) is 0 Å². The quantitative estimate of drug-likeness (QED) is 0.529. The molecule has 1 aliphatic rings. The maximum atomic E-state index is 12.7. The third-order valence-electron chi connectivity index (χ3n) is 5.65. The molecular weight excluding hydrogens is 438 g/mol. The van der Waals surface area contributed by atoms with Crippen molar-refractivity contribution >= 4 is 27.1 Å². The number of nitrogens with zero attached hydrogens (tertiary/aromatic N) is 5. The van der Waals surface area contributed by atoms with E-state index in [0.717, 1.165) is 22.5 Å². The van der Waals surface area contributed by atoms with Gasteiger partial charge in [0.15, 0.2) is 9.84 Å². The van der Waals surface area contributed by atoms with E-state index in [2.05, 4.69) is 15.2 Å². The largest absolute Gasteiger partial charge is 0.341 e. The van der Waals surface area contributed by atoms with E-state index in [1.54, 1.807) is 23.3 Å². The highest BCUT2D eigenvalue weighted by Gasteiger charge is 2.31. The Bertz CT molecular complexity index is 1180. The van der Waals surface area contributed by atoms with E-state index in [4.69, 9.17) is 4.52 Å². The lowest BCUT2D eigenvalue weighted by Crippen LogP contribution is -2.27. The first-order valence-electron chi connectivity index (χ1n) is 10.1. The fourth-order valence-electron chi connectivity index (χ4n) is 3.85. The molecule has 3 aromatic rings. The highest BCUT2D eigenvalue weighted by Crippen LogP contribution is 2.27. The van der Waals surface area contributed by atoms with Gasteiger partial charge in [0.2, 0.25) is 17.6 Å². The molecule has 0 unspecified atom stereocenters. The maximum absolute atomic E-state index is 12.7. The number of rotatable bonds is 7. The zero-order chi connectivity index (χ0) is 22.2. The van der Waals surface area contributed by atoms with Crippen molar-refractivity contribution in [2.45, 2.75) is 45.7 Å². The van der Waals surface area contributed by atoms with Crippen LogP contribution in [0.1, 0.15) is 41.7 Å². The Morgan fingerprint density at radius 2 is 2.19 bits per heavy atom. The van der Waals surface area contributed by atoms with Gasteiger partial charge < -0.3 is 9.42 Å². The molecule has 166 valence electrons. The SMILES string of the molecule is Cc1nn([C@H]2CCS(=O)(=O)C2)c(C)c1CN(C)C(=O)CCc1nc(-c2ccsc2)no1. The lowest BCUT2D eigenvalue weighted by Gasteiger charge is -2.18. The van der Waals surface area contributed by atoms with Gasteiger partial charge in [-0.2, -0.15) is 21.4 Å². The van der Waals surface area contributed by atoms with Crippen molar-refractivity contribution in [2.24, 2.45) is 0 Å². The summed E-state index contributed by atoms with van der Waals surface area (Å²) in [5, 5.41) is 12.4. The second-order valence-electron chi connectivity index (χ2n) is 7.92. The number of aromatic nitrogens is 4. The lowest BCUT2D eigenvalue weighted by molar-refractivity contribution is -0.130. The fraction of sp³-hybridized carbons (Fsp3) is 0.500. The summed E-state index contributed by atoms with van der Waals surface area (Å²) in [5.41, 5.74) is 3.59. The number of sulfone groups is 1. The highest BCUT2D eigenvalue weighted by molar-refractivity contribution is 7.91. The molecule has 1 atom stereocenters. The standard InChI is InChI=1S/C20H25N5O4S2/c1-13-17(14(2)25(22-13)16-7-9-31(27,28)12-16)10-24(3)19(26)5-4-18-21-20(23-29-18)15-6-8-30-11-15/h6,8,11,16H,4-5,7,9-10,12H2,1-3H3/t16-/m0/s1. The monoisotopic (exact) mass is 463 g/mol. The van der Waals surface area contributed by atoms with Crippen LogP contribution in [0.3, 0.4) is 0 Å². The maximum Gasteiger partial charge on any atom is 0.227 e. The van der Waals surface area contributed by atoms with Crippen LogP contribution in [-0.4, -0.2) is 57.7 Å². The van der Waals surface area contributed by atoms with Crippen LogP contribution in [-0.2, 0) is 27.6 Å². The molecule has 1 aliphatic heterocycles. The summed E-state index contributed by atoms with van der Waals surface area (Å²) in [6.07, 6.45) is 1.21. The number of thiophene rings is 1. The predicted octanol–water partition coefficient (Wildman–Crippen LogP) is 2.56. The summed E-state index contributed by atoms with van der Waals surface area (Å²) in [6, 6.07) is 1.79. The Morgan fingerprint density at radius 3 is 2.87 bits per heavy atom. The summed E-state index contributed by atoms with van der Waals surface area (Å²) in [4.78, 5) is 18.7. The fourth-order valence-corrected chi connectivity index (χ4v) is 6.17. The van der Waals surface area contributed by atoms with E-state index in [0.29, 0.717) is 31.1 Å². The van der Waals surface area contributed by atoms with Gasteiger partial charge in [0, 0.05) is 48.6 Å². The molecule has 4 rings (SSSR count). The van der Waals surface area contributed by atoms with E-state index < -0.39 is 9.84 Å². The van der Waals surface area contributed by atoms with Crippen molar-refractivity contribution in [2.75, 3.05) is 18.6 Å². The minimum Gasteiger partial charge on any atom is -0.341 e. The molecule has 11 heteroatoms. The molecule has 0 aliphatic carbocycles. The number of carbonyl (C=O) groups excluding carboxylic acids is 1. The number of carbonyl (C=O) groups is 1. The summed E-state index contributed by atoms with van der Waals surface area (Å²) < 4.78 is 30.7. The van der Waals surface area contributed by atoms with Crippen molar-refractivity contribution in [3.8, 4) is 11.4 Å². The topological polar surface area (TPSA) is 111 Å².